The van der Waals surface area contributed by atoms with Crippen molar-refractivity contribution in [1.29, 1.82) is 0 Å². The van der Waals surface area contributed by atoms with E-state index in [1.165, 1.54) is 11.1 Å². The Labute approximate surface area is 128 Å². The lowest BCUT2D eigenvalue weighted by atomic mass is 10.1. The number of aryl methyl sites for hydroxylation is 2. The highest BCUT2D eigenvalue weighted by molar-refractivity contribution is 5.70. The van der Waals surface area contributed by atoms with Crippen molar-refractivity contribution in [2.45, 2.75) is 27.2 Å². The van der Waals surface area contributed by atoms with E-state index in [1.807, 2.05) is 0 Å². The van der Waals surface area contributed by atoms with E-state index in [9.17, 15) is 4.79 Å². The van der Waals surface area contributed by atoms with Gasteiger partial charge < -0.3 is 14.9 Å². The van der Waals surface area contributed by atoms with E-state index in [0.717, 1.165) is 25.2 Å². The maximum Gasteiger partial charge on any atom is 0.308 e. The molecule has 0 bridgehead atoms. The van der Waals surface area contributed by atoms with Gasteiger partial charge in [0.25, 0.3) is 0 Å². The third kappa shape index (κ3) is 5.76. The van der Waals surface area contributed by atoms with Gasteiger partial charge in [-0.3, -0.25) is 4.79 Å². The van der Waals surface area contributed by atoms with E-state index in [-0.39, 0.29) is 5.92 Å². The van der Waals surface area contributed by atoms with E-state index in [2.05, 4.69) is 55.9 Å². The summed E-state index contributed by atoms with van der Waals surface area (Å²) in [6.07, 6.45) is 1.02. The highest BCUT2D eigenvalue weighted by atomic mass is 16.4. The van der Waals surface area contributed by atoms with Gasteiger partial charge in [-0.15, -0.1) is 0 Å². The summed E-state index contributed by atoms with van der Waals surface area (Å²) in [5.41, 5.74) is 3.58. The highest BCUT2D eigenvalue weighted by Gasteiger charge is 2.17. The van der Waals surface area contributed by atoms with Crippen LogP contribution in [0.2, 0.25) is 0 Å². The van der Waals surface area contributed by atoms with Crippen LogP contribution in [0, 0.1) is 19.8 Å². The molecule has 0 aliphatic carbocycles. The van der Waals surface area contributed by atoms with Crippen LogP contribution < -0.4 is 4.90 Å². The van der Waals surface area contributed by atoms with Crippen LogP contribution in [0.4, 0.5) is 5.69 Å². The molecule has 1 atom stereocenters. The fourth-order valence-corrected chi connectivity index (χ4v) is 2.46. The molecular formula is C17H28N2O2. The largest absolute Gasteiger partial charge is 0.481 e. The summed E-state index contributed by atoms with van der Waals surface area (Å²) in [5, 5.41) is 9.17. The van der Waals surface area contributed by atoms with Crippen molar-refractivity contribution in [2.24, 2.45) is 5.92 Å². The first-order valence-corrected chi connectivity index (χ1v) is 7.51. The van der Waals surface area contributed by atoms with Gasteiger partial charge in [0.05, 0.1) is 5.92 Å². The molecule has 118 valence electrons. The van der Waals surface area contributed by atoms with Gasteiger partial charge in [0.2, 0.25) is 0 Å². The molecule has 21 heavy (non-hydrogen) atoms. The van der Waals surface area contributed by atoms with Crippen molar-refractivity contribution in [1.82, 2.24) is 4.90 Å². The number of rotatable bonds is 8. The van der Waals surface area contributed by atoms with Crippen LogP contribution >= 0.6 is 0 Å². The summed E-state index contributed by atoms with van der Waals surface area (Å²) in [5.74, 6) is -1.11. The molecule has 0 fully saturated rings. The van der Waals surface area contributed by atoms with E-state index in [4.69, 9.17) is 5.11 Å². The summed E-state index contributed by atoms with van der Waals surface area (Å²) in [4.78, 5) is 15.5. The second kappa shape index (κ2) is 8.03. The van der Waals surface area contributed by atoms with Crippen LogP contribution in [0.15, 0.2) is 18.2 Å². The van der Waals surface area contributed by atoms with Crippen molar-refractivity contribution in [3.63, 3.8) is 0 Å². The third-order valence-electron chi connectivity index (χ3n) is 3.64. The van der Waals surface area contributed by atoms with Crippen molar-refractivity contribution in [2.75, 3.05) is 38.6 Å². The number of carbonyl (C=O) groups is 1. The standard InChI is InChI=1S/C17H28N2O2/c1-13-7-8-16(14(2)11-13)19(10-6-9-18(4)5)12-15(3)17(20)21/h7-8,11,15H,6,9-10,12H2,1-5H3,(H,20,21). The second-order valence-corrected chi connectivity index (χ2v) is 6.13. The molecule has 1 aromatic carbocycles. The number of hydrogen-bond donors (Lipinski definition) is 1. The highest BCUT2D eigenvalue weighted by Crippen LogP contribution is 2.22. The molecule has 0 aliphatic rings. The molecule has 0 spiro atoms. The van der Waals surface area contributed by atoms with E-state index in [0.29, 0.717) is 6.54 Å². The fourth-order valence-electron chi connectivity index (χ4n) is 2.46. The molecular weight excluding hydrogens is 264 g/mol. The molecule has 1 unspecified atom stereocenters. The third-order valence-corrected chi connectivity index (χ3v) is 3.64. The lowest BCUT2D eigenvalue weighted by Crippen LogP contribution is -2.34. The van der Waals surface area contributed by atoms with Crippen LogP contribution in [0.1, 0.15) is 24.5 Å². The SMILES string of the molecule is Cc1ccc(N(CCCN(C)C)CC(C)C(=O)O)c(C)c1. The Morgan fingerprint density at radius 2 is 1.90 bits per heavy atom. The monoisotopic (exact) mass is 292 g/mol. The topological polar surface area (TPSA) is 43.8 Å². The zero-order valence-corrected chi connectivity index (χ0v) is 13.9. The maximum absolute atomic E-state index is 11.2. The quantitative estimate of drug-likeness (QED) is 0.800. The molecule has 1 N–H and O–H groups in total. The summed E-state index contributed by atoms with van der Waals surface area (Å²) < 4.78 is 0. The molecule has 4 nitrogen and oxygen atoms in total. The smallest absolute Gasteiger partial charge is 0.308 e. The van der Waals surface area contributed by atoms with Crippen LogP contribution in [0.5, 0.6) is 0 Å². The van der Waals surface area contributed by atoms with Crippen molar-refractivity contribution in [3.05, 3.63) is 29.3 Å². The summed E-state index contributed by atoms with van der Waals surface area (Å²) in [6, 6.07) is 6.35. The predicted octanol–water partition coefficient (Wildman–Crippen LogP) is 2.78. The normalized spacial score (nSPS) is 12.5. The van der Waals surface area contributed by atoms with Gasteiger partial charge >= 0.3 is 5.97 Å². The number of benzene rings is 1. The van der Waals surface area contributed by atoms with Crippen LogP contribution in [0.25, 0.3) is 0 Å². The lowest BCUT2D eigenvalue weighted by Gasteiger charge is -2.29. The lowest BCUT2D eigenvalue weighted by molar-refractivity contribution is -0.140. The van der Waals surface area contributed by atoms with Crippen molar-refractivity contribution in [3.8, 4) is 0 Å². The minimum absolute atomic E-state index is 0.370. The molecule has 0 aromatic heterocycles. The number of carboxylic acid groups (broad SMARTS) is 1. The molecule has 0 saturated carbocycles. The Morgan fingerprint density at radius 1 is 1.24 bits per heavy atom. The maximum atomic E-state index is 11.2. The Hall–Kier alpha value is -1.55. The molecule has 0 amide bonds. The van der Waals surface area contributed by atoms with Gasteiger partial charge in [0, 0.05) is 18.8 Å². The molecule has 0 aliphatic heterocycles. The minimum atomic E-state index is -0.739. The van der Waals surface area contributed by atoms with Crippen molar-refractivity contribution >= 4 is 11.7 Å². The zero-order chi connectivity index (χ0) is 16.0. The van der Waals surface area contributed by atoms with Gasteiger partial charge in [-0.1, -0.05) is 24.6 Å². The fraction of sp³-hybridized carbons (Fsp3) is 0.588. The Kier molecular flexibility index (Phi) is 6.69. The molecule has 0 heterocycles. The van der Waals surface area contributed by atoms with E-state index < -0.39 is 5.97 Å². The minimum Gasteiger partial charge on any atom is -0.481 e. The summed E-state index contributed by atoms with van der Waals surface area (Å²) in [7, 11) is 4.11. The first-order chi connectivity index (χ1) is 9.81. The summed E-state index contributed by atoms with van der Waals surface area (Å²) >= 11 is 0. The van der Waals surface area contributed by atoms with Gasteiger partial charge in [-0.2, -0.15) is 0 Å². The van der Waals surface area contributed by atoms with Gasteiger partial charge in [-0.05, 0) is 52.5 Å². The molecule has 0 saturated heterocycles. The Bertz CT molecular complexity index is 472. The zero-order valence-electron chi connectivity index (χ0n) is 13.9. The van der Waals surface area contributed by atoms with Crippen molar-refractivity contribution < 1.29 is 9.90 Å². The number of hydrogen-bond acceptors (Lipinski definition) is 3. The Balaban J connectivity index is 2.86. The molecule has 0 radical (unpaired) electrons. The van der Waals surface area contributed by atoms with E-state index in [1.54, 1.807) is 6.92 Å². The first-order valence-electron chi connectivity index (χ1n) is 7.51. The number of aliphatic carboxylic acids is 1. The molecule has 1 aromatic rings. The second-order valence-electron chi connectivity index (χ2n) is 6.13. The average Bonchev–Trinajstić information content (AvgIpc) is 2.37. The van der Waals surface area contributed by atoms with Gasteiger partial charge in [0.1, 0.15) is 0 Å². The number of anilines is 1. The van der Waals surface area contributed by atoms with Gasteiger partial charge in [-0.25, -0.2) is 0 Å². The van der Waals surface area contributed by atoms with Crippen LogP contribution in [-0.2, 0) is 4.79 Å². The van der Waals surface area contributed by atoms with Crippen LogP contribution in [0.3, 0.4) is 0 Å². The number of carboxylic acids is 1. The Morgan fingerprint density at radius 3 is 2.43 bits per heavy atom. The van der Waals surface area contributed by atoms with Crippen LogP contribution in [-0.4, -0.2) is 49.7 Å². The van der Waals surface area contributed by atoms with E-state index >= 15 is 0 Å². The van der Waals surface area contributed by atoms with Gasteiger partial charge in [0.15, 0.2) is 0 Å². The first kappa shape index (κ1) is 17.5. The average molecular weight is 292 g/mol. The predicted molar refractivity (Wildman–Crippen MR) is 88.1 cm³/mol. The molecule has 4 heteroatoms. The number of nitrogens with zero attached hydrogens (tertiary/aromatic N) is 2. The summed E-state index contributed by atoms with van der Waals surface area (Å²) in [6.45, 7) is 8.36. The molecule has 1 rings (SSSR count).